The van der Waals surface area contributed by atoms with E-state index in [4.69, 9.17) is 0 Å². The smallest absolute Gasteiger partial charge is 0.274 e. The van der Waals surface area contributed by atoms with Gasteiger partial charge < -0.3 is 15.1 Å². The van der Waals surface area contributed by atoms with Crippen LogP contribution in [0.2, 0.25) is 0 Å². The molecule has 2 rings (SSSR count). The third-order valence-corrected chi connectivity index (χ3v) is 5.59. The van der Waals surface area contributed by atoms with Gasteiger partial charge in [0.05, 0.1) is 6.20 Å². The molecule has 0 unspecified atom stereocenters. The highest BCUT2D eigenvalue weighted by Crippen LogP contribution is 2.16. The summed E-state index contributed by atoms with van der Waals surface area (Å²) in [7, 11) is 0. The van der Waals surface area contributed by atoms with Gasteiger partial charge in [-0.05, 0) is 39.2 Å². The summed E-state index contributed by atoms with van der Waals surface area (Å²) in [5.74, 6) is -0.148. The maximum Gasteiger partial charge on any atom is 0.274 e. The Balaban J connectivity index is 1.72. The normalized spacial score (nSPS) is 17.1. The Morgan fingerprint density at radius 1 is 1.21 bits per heavy atom. The highest BCUT2D eigenvalue weighted by Gasteiger charge is 2.19. The van der Waals surface area contributed by atoms with Gasteiger partial charge in [-0.2, -0.15) is 0 Å². The van der Waals surface area contributed by atoms with Gasteiger partial charge in [-0.1, -0.05) is 26.2 Å². The van der Waals surface area contributed by atoms with Crippen LogP contribution in [-0.2, 0) is 4.79 Å². The Kier molecular flexibility index (Phi) is 10.6. The summed E-state index contributed by atoms with van der Waals surface area (Å²) in [6, 6.07) is 0.656. The standard InChI is InChI=1S/C22H37N5O2/c1-3-4-6-15-27(22(29)20-18-23-12-13-24-20)17-10-21(28)25-11-8-16-26-14-7-5-9-19(26)2/h12-13,18-19H,3-11,14-17H2,1-2H3,(H,25,28)/t19-/m0/s1. The van der Waals surface area contributed by atoms with Crippen LogP contribution in [0, 0.1) is 0 Å². The fourth-order valence-corrected chi connectivity index (χ4v) is 3.76. The third kappa shape index (κ3) is 8.48. The predicted molar refractivity (Wildman–Crippen MR) is 115 cm³/mol. The number of unbranched alkanes of at least 4 members (excludes halogenated alkanes) is 2. The van der Waals surface area contributed by atoms with E-state index in [0.29, 0.717) is 37.8 Å². The zero-order chi connectivity index (χ0) is 20.9. The van der Waals surface area contributed by atoms with E-state index in [1.54, 1.807) is 11.1 Å². The highest BCUT2D eigenvalue weighted by atomic mass is 16.2. The Morgan fingerprint density at radius 3 is 2.79 bits per heavy atom. The average molecular weight is 404 g/mol. The first kappa shape index (κ1) is 23.3. The van der Waals surface area contributed by atoms with E-state index >= 15 is 0 Å². The number of aromatic nitrogens is 2. The molecule has 1 atom stereocenters. The number of rotatable bonds is 12. The number of likely N-dealkylation sites (tertiary alicyclic amines) is 1. The van der Waals surface area contributed by atoms with Crippen molar-refractivity contribution in [1.29, 1.82) is 0 Å². The summed E-state index contributed by atoms with van der Waals surface area (Å²) < 4.78 is 0. The molecule has 29 heavy (non-hydrogen) atoms. The number of nitrogens with zero attached hydrogens (tertiary/aromatic N) is 4. The predicted octanol–water partition coefficient (Wildman–Crippen LogP) is 2.88. The van der Waals surface area contributed by atoms with Gasteiger partial charge in [0.1, 0.15) is 5.69 Å². The van der Waals surface area contributed by atoms with Crippen LogP contribution in [-0.4, -0.2) is 70.3 Å². The second kappa shape index (κ2) is 13.2. The summed E-state index contributed by atoms with van der Waals surface area (Å²) >= 11 is 0. The summed E-state index contributed by atoms with van der Waals surface area (Å²) in [6.07, 6.45) is 12.8. The van der Waals surface area contributed by atoms with E-state index in [1.165, 1.54) is 38.2 Å². The minimum absolute atomic E-state index is 0.00382. The number of hydrogen-bond acceptors (Lipinski definition) is 5. The van der Waals surface area contributed by atoms with Crippen molar-refractivity contribution in [2.45, 2.75) is 71.3 Å². The summed E-state index contributed by atoms with van der Waals surface area (Å²) in [5.41, 5.74) is 0.333. The Bertz CT molecular complexity index is 610. The quantitative estimate of drug-likeness (QED) is 0.543. The fourth-order valence-electron chi connectivity index (χ4n) is 3.76. The molecule has 0 saturated carbocycles. The first-order valence-corrected chi connectivity index (χ1v) is 11.2. The van der Waals surface area contributed by atoms with E-state index in [0.717, 1.165) is 32.2 Å². The van der Waals surface area contributed by atoms with Gasteiger partial charge in [0.25, 0.3) is 5.91 Å². The zero-order valence-electron chi connectivity index (χ0n) is 18.1. The van der Waals surface area contributed by atoms with Crippen LogP contribution in [0.3, 0.4) is 0 Å². The van der Waals surface area contributed by atoms with Crippen molar-refractivity contribution < 1.29 is 9.59 Å². The second-order valence-electron chi connectivity index (χ2n) is 7.92. The Morgan fingerprint density at radius 2 is 2.07 bits per heavy atom. The van der Waals surface area contributed by atoms with Crippen LogP contribution in [0.25, 0.3) is 0 Å². The molecular weight excluding hydrogens is 366 g/mol. The number of nitrogens with one attached hydrogen (secondary N) is 1. The van der Waals surface area contributed by atoms with Crippen molar-refractivity contribution in [3.63, 3.8) is 0 Å². The molecule has 1 saturated heterocycles. The molecule has 1 fully saturated rings. The van der Waals surface area contributed by atoms with E-state index in [1.807, 2.05) is 0 Å². The summed E-state index contributed by atoms with van der Waals surface area (Å²) in [5, 5.41) is 3.01. The molecule has 1 aliphatic heterocycles. The molecule has 0 bridgehead atoms. The molecule has 1 aromatic heterocycles. The van der Waals surface area contributed by atoms with Crippen LogP contribution in [0.5, 0.6) is 0 Å². The number of carbonyl (C=O) groups excluding carboxylic acids is 2. The topological polar surface area (TPSA) is 78.4 Å². The molecular formula is C22H37N5O2. The largest absolute Gasteiger partial charge is 0.356 e. The molecule has 1 aliphatic rings. The molecule has 0 aromatic carbocycles. The SMILES string of the molecule is CCCCCN(CCC(=O)NCCCN1CCCC[C@@H]1C)C(=O)c1cnccn1. The molecule has 1 N–H and O–H groups in total. The molecule has 2 heterocycles. The van der Waals surface area contributed by atoms with E-state index in [-0.39, 0.29) is 11.8 Å². The summed E-state index contributed by atoms with van der Waals surface area (Å²) in [6.45, 7) is 8.38. The molecule has 162 valence electrons. The van der Waals surface area contributed by atoms with Crippen molar-refractivity contribution >= 4 is 11.8 Å². The van der Waals surface area contributed by atoms with E-state index in [9.17, 15) is 9.59 Å². The lowest BCUT2D eigenvalue weighted by Crippen LogP contribution is -2.39. The van der Waals surface area contributed by atoms with E-state index < -0.39 is 0 Å². The molecule has 7 heteroatoms. The zero-order valence-corrected chi connectivity index (χ0v) is 18.1. The van der Waals surface area contributed by atoms with E-state index in [2.05, 4.69) is 34.0 Å². The van der Waals surface area contributed by atoms with Crippen molar-refractivity contribution in [1.82, 2.24) is 25.1 Å². The van der Waals surface area contributed by atoms with Gasteiger partial charge in [0.2, 0.25) is 5.91 Å². The number of piperidine rings is 1. The first-order valence-electron chi connectivity index (χ1n) is 11.2. The number of hydrogen-bond donors (Lipinski definition) is 1. The lowest BCUT2D eigenvalue weighted by Gasteiger charge is -2.33. The monoisotopic (exact) mass is 403 g/mol. The van der Waals surface area contributed by atoms with Crippen LogP contribution in [0.4, 0.5) is 0 Å². The van der Waals surface area contributed by atoms with Gasteiger partial charge in [0, 0.05) is 51.0 Å². The van der Waals surface area contributed by atoms with Crippen LogP contribution in [0.15, 0.2) is 18.6 Å². The lowest BCUT2D eigenvalue weighted by molar-refractivity contribution is -0.121. The molecule has 2 amide bonds. The van der Waals surface area contributed by atoms with Crippen molar-refractivity contribution in [3.8, 4) is 0 Å². The molecule has 0 spiro atoms. The van der Waals surface area contributed by atoms with Gasteiger partial charge in [-0.3, -0.25) is 14.6 Å². The Hall–Kier alpha value is -2.02. The fraction of sp³-hybridized carbons (Fsp3) is 0.727. The third-order valence-electron chi connectivity index (χ3n) is 5.59. The highest BCUT2D eigenvalue weighted by molar-refractivity contribution is 5.92. The second-order valence-corrected chi connectivity index (χ2v) is 7.92. The maximum atomic E-state index is 12.7. The number of carbonyl (C=O) groups is 2. The molecule has 0 aliphatic carbocycles. The average Bonchev–Trinajstić information content (AvgIpc) is 2.75. The Labute approximate surface area is 175 Å². The van der Waals surface area contributed by atoms with Crippen molar-refractivity contribution in [2.75, 3.05) is 32.7 Å². The molecule has 0 radical (unpaired) electrons. The van der Waals surface area contributed by atoms with Crippen LogP contribution in [0.1, 0.15) is 75.7 Å². The van der Waals surface area contributed by atoms with Crippen LogP contribution >= 0.6 is 0 Å². The van der Waals surface area contributed by atoms with Gasteiger partial charge in [-0.15, -0.1) is 0 Å². The summed E-state index contributed by atoms with van der Waals surface area (Å²) in [4.78, 5) is 37.3. The molecule has 1 aromatic rings. The number of amides is 2. The van der Waals surface area contributed by atoms with Gasteiger partial charge in [-0.25, -0.2) is 4.98 Å². The van der Waals surface area contributed by atoms with Crippen LogP contribution < -0.4 is 5.32 Å². The minimum Gasteiger partial charge on any atom is -0.356 e. The maximum absolute atomic E-state index is 12.7. The molecule has 7 nitrogen and oxygen atoms in total. The lowest BCUT2D eigenvalue weighted by atomic mass is 10.0. The van der Waals surface area contributed by atoms with Crippen molar-refractivity contribution in [2.24, 2.45) is 0 Å². The first-order chi connectivity index (χ1) is 14.1. The van der Waals surface area contributed by atoms with Gasteiger partial charge in [0.15, 0.2) is 0 Å². The minimum atomic E-state index is -0.152. The van der Waals surface area contributed by atoms with Crippen molar-refractivity contribution in [3.05, 3.63) is 24.3 Å². The van der Waals surface area contributed by atoms with Gasteiger partial charge >= 0.3 is 0 Å².